The molecule has 1 atom stereocenters. The Kier molecular flexibility index (Phi) is 4.17. The Morgan fingerprint density at radius 1 is 1.32 bits per heavy atom. The van der Waals surface area contributed by atoms with Crippen molar-refractivity contribution in [3.8, 4) is 11.1 Å². The average Bonchev–Trinajstić information content (AvgIpc) is 3.23. The number of carbonyl (C=O) groups is 1. The van der Waals surface area contributed by atoms with Gasteiger partial charge in [-0.15, -0.1) is 11.3 Å². The second-order valence-electron chi connectivity index (χ2n) is 6.51. The van der Waals surface area contributed by atoms with Gasteiger partial charge in [0.15, 0.2) is 5.95 Å². The molecule has 0 aliphatic carbocycles. The largest absolute Gasteiger partial charge is 0.477 e. The summed E-state index contributed by atoms with van der Waals surface area (Å²) in [5.74, 6) is -0.874. The average molecular weight is 419 g/mol. The smallest absolute Gasteiger partial charge is 0.353 e. The number of anilines is 1. The number of carboxylic acids is 1. The van der Waals surface area contributed by atoms with Gasteiger partial charge in [-0.05, 0) is 18.4 Å². The molecule has 0 fully saturated rings. The van der Waals surface area contributed by atoms with Crippen LogP contribution in [0.1, 0.15) is 29.0 Å². The summed E-state index contributed by atoms with van der Waals surface area (Å²) in [6.45, 7) is 1.71. The zero-order valence-corrected chi connectivity index (χ0v) is 16.5. The highest BCUT2D eigenvalue weighted by molar-refractivity contribution is 7.88. The van der Waals surface area contributed by atoms with Crippen LogP contribution in [-0.4, -0.2) is 40.7 Å². The lowest BCUT2D eigenvalue weighted by Crippen LogP contribution is -2.25. The first kappa shape index (κ1) is 18.5. The second-order valence-corrected chi connectivity index (χ2v) is 9.17. The molecule has 4 rings (SSSR count). The third-order valence-electron chi connectivity index (χ3n) is 4.42. The molecule has 11 heteroatoms. The third-order valence-corrected chi connectivity index (χ3v) is 6.22. The van der Waals surface area contributed by atoms with Crippen LogP contribution in [0.25, 0.3) is 32.4 Å². The minimum atomic E-state index is -3.42. The molecule has 0 aliphatic heterocycles. The number of nitrogens with one attached hydrogen (secondary N) is 3. The van der Waals surface area contributed by atoms with Gasteiger partial charge in [-0.1, -0.05) is 12.1 Å². The predicted octanol–water partition coefficient (Wildman–Crippen LogP) is 2.66. The number of para-hydroxylation sites is 1. The Hall–Kier alpha value is -2.89. The summed E-state index contributed by atoms with van der Waals surface area (Å²) < 4.78 is 26.4. The maximum absolute atomic E-state index is 11.9. The maximum atomic E-state index is 11.9. The van der Waals surface area contributed by atoms with Gasteiger partial charge in [-0.3, -0.25) is 0 Å². The van der Waals surface area contributed by atoms with Crippen LogP contribution in [0, 0.1) is 0 Å². The number of hydrogen-bond acceptors (Lipinski definition) is 6. The first-order valence-electron chi connectivity index (χ1n) is 8.24. The fourth-order valence-electron chi connectivity index (χ4n) is 3.36. The lowest BCUT2D eigenvalue weighted by atomic mass is 10.0. The fraction of sp³-hybridized carbons (Fsp3) is 0.176. The number of fused-ring (bicyclic) bond motifs is 2. The van der Waals surface area contributed by atoms with E-state index in [4.69, 9.17) is 5.73 Å². The molecule has 0 amide bonds. The highest BCUT2D eigenvalue weighted by Gasteiger charge is 2.25. The first-order chi connectivity index (χ1) is 13.2. The molecule has 0 saturated carbocycles. The van der Waals surface area contributed by atoms with E-state index in [-0.39, 0.29) is 11.6 Å². The summed E-state index contributed by atoms with van der Waals surface area (Å²) >= 11 is 1.35. The number of nitrogens with zero attached hydrogens (tertiary/aromatic N) is 1. The van der Waals surface area contributed by atoms with Crippen molar-refractivity contribution in [1.82, 2.24) is 19.7 Å². The SMILES string of the molecule is CC(NS(C)(=O)=O)c1csc2c(-c3cccc4nc(N)[nH]c34)c(C(=O)O)[nH]c12. The lowest BCUT2D eigenvalue weighted by Gasteiger charge is -2.10. The van der Waals surface area contributed by atoms with Gasteiger partial charge in [0.1, 0.15) is 5.69 Å². The van der Waals surface area contributed by atoms with E-state index in [9.17, 15) is 18.3 Å². The Morgan fingerprint density at radius 3 is 2.75 bits per heavy atom. The molecule has 4 aromatic rings. The standard InChI is InChI=1S/C17H17N5O4S2/c1-7(22-28(2,25)26)9-6-27-15-11(14(16(23)24)20-13(9)15)8-4-3-5-10-12(8)21-17(18)19-10/h3-7,20,22H,1-2H3,(H,23,24)(H3,18,19,21). The summed E-state index contributed by atoms with van der Waals surface area (Å²) in [7, 11) is -3.42. The van der Waals surface area contributed by atoms with Crippen LogP contribution < -0.4 is 10.5 Å². The highest BCUT2D eigenvalue weighted by Crippen LogP contribution is 2.42. The highest BCUT2D eigenvalue weighted by atomic mass is 32.2. The van der Waals surface area contributed by atoms with Crippen LogP contribution in [0.5, 0.6) is 0 Å². The number of carboxylic acid groups (broad SMARTS) is 1. The molecule has 0 spiro atoms. The number of aromatic amines is 2. The molecule has 0 saturated heterocycles. The third kappa shape index (κ3) is 3.03. The Balaban J connectivity index is 1.98. The number of imidazole rings is 1. The van der Waals surface area contributed by atoms with Gasteiger partial charge in [-0.2, -0.15) is 0 Å². The van der Waals surface area contributed by atoms with Crippen LogP contribution >= 0.6 is 11.3 Å². The van der Waals surface area contributed by atoms with E-state index in [0.29, 0.717) is 33.2 Å². The van der Waals surface area contributed by atoms with Crippen LogP contribution in [0.3, 0.4) is 0 Å². The van der Waals surface area contributed by atoms with Crippen molar-refractivity contribution in [3.05, 3.63) is 34.8 Å². The molecule has 0 aliphatic rings. The molecule has 0 radical (unpaired) electrons. The van der Waals surface area contributed by atoms with E-state index in [1.54, 1.807) is 25.1 Å². The van der Waals surface area contributed by atoms with Crippen molar-refractivity contribution in [1.29, 1.82) is 0 Å². The van der Waals surface area contributed by atoms with Crippen molar-refractivity contribution in [2.24, 2.45) is 0 Å². The van der Waals surface area contributed by atoms with Gasteiger partial charge in [0, 0.05) is 22.7 Å². The molecule has 146 valence electrons. The van der Waals surface area contributed by atoms with Crippen LogP contribution in [0.4, 0.5) is 5.95 Å². The number of aromatic carboxylic acids is 1. The molecule has 0 bridgehead atoms. The van der Waals surface area contributed by atoms with Crippen LogP contribution in [-0.2, 0) is 10.0 Å². The Bertz CT molecular complexity index is 1330. The van der Waals surface area contributed by atoms with Crippen molar-refractivity contribution in [2.75, 3.05) is 12.0 Å². The summed E-state index contributed by atoms with van der Waals surface area (Å²) in [5, 5.41) is 11.6. The molecular formula is C17H17N5O4S2. The number of rotatable bonds is 5. The molecule has 28 heavy (non-hydrogen) atoms. The van der Waals surface area contributed by atoms with Crippen molar-refractivity contribution in [2.45, 2.75) is 13.0 Å². The Morgan fingerprint density at radius 2 is 2.07 bits per heavy atom. The number of hydrogen-bond donors (Lipinski definition) is 5. The normalized spacial score (nSPS) is 13.4. The maximum Gasteiger partial charge on any atom is 0.353 e. The number of sulfonamides is 1. The number of aromatic nitrogens is 3. The summed E-state index contributed by atoms with van der Waals surface area (Å²) in [6, 6.07) is 4.85. The number of H-pyrrole nitrogens is 2. The molecule has 1 unspecified atom stereocenters. The molecule has 6 N–H and O–H groups in total. The zero-order chi connectivity index (χ0) is 20.2. The van der Waals surface area contributed by atoms with Crippen molar-refractivity contribution in [3.63, 3.8) is 0 Å². The monoisotopic (exact) mass is 419 g/mol. The summed E-state index contributed by atoms with van der Waals surface area (Å²) in [6.07, 6.45) is 1.08. The van der Waals surface area contributed by atoms with Gasteiger partial charge < -0.3 is 20.8 Å². The quantitative estimate of drug-likeness (QED) is 0.335. The van der Waals surface area contributed by atoms with Gasteiger partial charge in [0.2, 0.25) is 10.0 Å². The lowest BCUT2D eigenvalue weighted by molar-refractivity contribution is 0.0692. The topological polar surface area (TPSA) is 154 Å². The molecule has 3 heterocycles. The van der Waals surface area contributed by atoms with E-state index < -0.39 is 22.0 Å². The van der Waals surface area contributed by atoms with Gasteiger partial charge in [0.25, 0.3) is 0 Å². The number of nitrogen functional groups attached to an aromatic ring is 1. The van der Waals surface area contributed by atoms with Crippen molar-refractivity contribution < 1.29 is 18.3 Å². The van der Waals surface area contributed by atoms with Gasteiger partial charge in [0.05, 0.1) is 27.5 Å². The van der Waals surface area contributed by atoms with Gasteiger partial charge >= 0.3 is 5.97 Å². The summed E-state index contributed by atoms with van der Waals surface area (Å²) in [5.41, 5.74) is 9.50. The van der Waals surface area contributed by atoms with Crippen LogP contribution in [0.2, 0.25) is 0 Å². The fourth-order valence-corrected chi connectivity index (χ4v) is 5.32. The van der Waals surface area contributed by atoms with E-state index >= 15 is 0 Å². The molecule has 3 aromatic heterocycles. The van der Waals surface area contributed by atoms with E-state index in [1.807, 2.05) is 5.38 Å². The number of nitrogens with two attached hydrogens (primary N) is 1. The van der Waals surface area contributed by atoms with Crippen LogP contribution in [0.15, 0.2) is 23.6 Å². The van der Waals surface area contributed by atoms with E-state index in [0.717, 1.165) is 11.0 Å². The van der Waals surface area contributed by atoms with Gasteiger partial charge in [-0.25, -0.2) is 22.9 Å². The van der Waals surface area contributed by atoms with E-state index in [2.05, 4.69) is 19.7 Å². The summed E-state index contributed by atoms with van der Waals surface area (Å²) in [4.78, 5) is 22.1. The minimum absolute atomic E-state index is 0.0235. The predicted molar refractivity (Wildman–Crippen MR) is 109 cm³/mol. The molecule has 1 aromatic carbocycles. The minimum Gasteiger partial charge on any atom is -0.477 e. The second kappa shape index (κ2) is 6.33. The van der Waals surface area contributed by atoms with Crippen molar-refractivity contribution >= 4 is 54.5 Å². The Labute approximate surface area is 163 Å². The zero-order valence-electron chi connectivity index (χ0n) is 14.9. The first-order valence-corrected chi connectivity index (χ1v) is 11.0. The number of thiophene rings is 1. The molecular weight excluding hydrogens is 402 g/mol. The molecule has 9 nitrogen and oxygen atoms in total. The number of benzene rings is 1. The van der Waals surface area contributed by atoms with E-state index in [1.165, 1.54) is 11.3 Å².